The maximum atomic E-state index is 11.6. The molecule has 5 nitrogen and oxygen atoms in total. The van der Waals surface area contributed by atoms with Crippen LogP contribution in [0.1, 0.15) is 18.9 Å². The van der Waals surface area contributed by atoms with Crippen LogP contribution in [0, 0.1) is 0 Å². The Bertz CT molecular complexity index is 369. The van der Waals surface area contributed by atoms with Crippen molar-refractivity contribution in [3.8, 4) is 0 Å². The maximum absolute atomic E-state index is 11.6. The minimum atomic E-state index is -0.658. The summed E-state index contributed by atoms with van der Waals surface area (Å²) in [5.41, 5.74) is 1.13. The third kappa shape index (κ3) is 6.22. The molecule has 1 aromatic carbocycles. The predicted octanol–water partition coefficient (Wildman–Crippen LogP) is 1.09. The lowest BCUT2D eigenvalue weighted by atomic mass is 10.1. The largest absolute Gasteiger partial charge is 0.444 e. The number of alkyl carbamates (subject to hydrolysis) is 1. The average Bonchev–Trinajstić information content (AvgIpc) is 2.39. The van der Waals surface area contributed by atoms with Gasteiger partial charge in [0.25, 0.3) is 0 Å². The van der Waals surface area contributed by atoms with Crippen molar-refractivity contribution >= 4 is 6.09 Å². The normalized spacial score (nSPS) is 13.6. The van der Waals surface area contributed by atoms with Crippen LogP contribution < -0.4 is 5.32 Å². The van der Waals surface area contributed by atoms with Crippen LogP contribution >= 0.6 is 0 Å². The van der Waals surface area contributed by atoms with E-state index in [-0.39, 0.29) is 25.7 Å². The number of aliphatic hydroxyl groups is 2. The summed E-state index contributed by atoms with van der Waals surface area (Å²) in [6.45, 7) is 1.47. The van der Waals surface area contributed by atoms with Crippen molar-refractivity contribution in [2.45, 2.75) is 31.9 Å². The van der Waals surface area contributed by atoms with Crippen molar-refractivity contribution in [1.82, 2.24) is 5.32 Å². The van der Waals surface area contributed by atoms with E-state index in [4.69, 9.17) is 14.9 Å². The van der Waals surface area contributed by atoms with Crippen LogP contribution in [0.3, 0.4) is 0 Å². The highest BCUT2D eigenvalue weighted by Gasteiger charge is 2.14. The van der Waals surface area contributed by atoms with E-state index in [1.807, 2.05) is 37.3 Å². The molecule has 0 radical (unpaired) electrons. The molecule has 0 saturated heterocycles. The van der Waals surface area contributed by atoms with Gasteiger partial charge in [-0.15, -0.1) is 0 Å². The second-order valence-corrected chi connectivity index (χ2v) is 4.46. The molecule has 0 aliphatic rings. The van der Waals surface area contributed by atoms with Crippen LogP contribution in [-0.4, -0.2) is 41.7 Å². The highest BCUT2D eigenvalue weighted by atomic mass is 16.6. The Balaban J connectivity index is 2.35. The monoisotopic (exact) mass is 267 g/mol. The Morgan fingerprint density at radius 2 is 2.00 bits per heavy atom. The standard InChI is InChI=1S/C14H21NO4/c1-11(9-12-5-3-2-4-6-12)15-14(18)19-13(10-17)7-8-16/h2-6,11,13,16-17H,7-10H2,1H3,(H,15,18). The van der Waals surface area contributed by atoms with Gasteiger partial charge in [-0.25, -0.2) is 4.79 Å². The fourth-order valence-electron chi connectivity index (χ4n) is 1.74. The van der Waals surface area contributed by atoms with Crippen LogP contribution in [0.4, 0.5) is 4.79 Å². The van der Waals surface area contributed by atoms with Crippen molar-refractivity contribution in [3.05, 3.63) is 35.9 Å². The molecule has 0 saturated carbocycles. The van der Waals surface area contributed by atoms with Crippen LogP contribution in [0.5, 0.6) is 0 Å². The number of hydrogen-bond donors (Lipinski definition) is 3. The first-order chi connectivity index (χ1) is 9.15. The summed E-state index contributed by atoms with van der Waals surface area (Å²) in [4.78, 5) is 11.6. The number of nitrogens with one attached hydrogen (secondary N) is 1. The molecule has 0 fully saturated rings. The molecule has 2 atom stereocenters. The van der Waals surface area contributed by atoms with E-state index in [1.165, 1.54) is 0 Å². The number of rotatable bonds is 7. The summed E-state index contributed by atoms with van der Waals surface area (Å²) < 4.78 is 4.99. The first-order valence-corrected chi connectivity index (χ1v) is 6.38. The highest BCUT2D eigenvalue weighted by Crippen LogP contribution is 2.04. The number of benzene rings is 1. The molecule has 5 heteroatoms. The van der Waals surface area contributed by atoms with E-state index < -0.39 is 12.2 Å². The minimum absolute atomic E-state index is 0.0663. The number of carbonyl (C=O) groups is 1. The summed E-state index contributed by atoms with van der Waals surface area (Å²) in [5.74, 6) is 0. The minimum Gasteiger partial charge on any atom is -0.444 e. The zero-order valence-electron chi connectivity index (χ0n) is 11.1. The van der Waals surface area contributed by atoms with E-state index >= 15 is 0 Å². The molecule has 3 N–H and O–H groups in total. The first-order valence-electron chi connectivity index (χ1n) is 6.38. The van der Waals surface area contributed by atoms with Gasteiger partial charge in [0, 0.05) is 19.1 Å². The van der Waals surface area contributed by atoms with Crippen molar-refractivity contribution in [2.24, 2.45) is 0 Å². The summed E-state index contributed by atoms with van der Waals surface area (Å²) in [7, 11) is 0. The topological polar surface area (TPSA) is 78.8 Å². The molecule has 19 heavy (non-hydrogen) atoms. The van der Waals surface area contributed by atoms with E-state index in [9.17, 15) is 4.79 Å². The number of amides is 1. The molecule has 0 aromatic heterocycles. The van der Waals surface area contributed by atoms with Crippen LogP contribution in [-0.2, 0) is 11.2 Å². The van der Waals surface area contributed by atoms with E-state index in [1.54, 1.807) is 0 Å². The zero-order chi connectivity index (χ0) is 14.1. The van der Waals surface area contributed by atoms with Gasteiger partial charge in [0.05, 0.1) is 6.61 Å². The number of hydrogen-bond acceptors (Lipinski definition) is 4. The summed E-state index contributed by atoms with van der Waals surface area (Å²) in [6, 6.07) is 9.75. The highest BCUT2D eigenvalue weighted by molar-refractivity contribution is 5.67. The molecule has 0 heterocycles. The molecule has 0 bridgehead atoms. The lowest BCUT2D eigenvalue weighted by molar-refractivity contribution is 0.0413. The first kappa shape index (κ1) is 15.5. The smallest absolute Gasteiger partial charge is 0.407 e. The lowest BCUT2D eigenvalue weighted by Crippen LogP contribution is -2.37. The Kier molecular flexibility index (Phi) is 6.92. The predicted molar refractivity (Wildman–Crippen MR) is 71.8 cm³/mol. The average molecular weight is 267 g/mol. The number of ether oxygens (including phenoxy) is 1. The van der Waals surface area contributed by atoms with Crippen LogP contribution in [0.25, 0.3) is 0 Å². The molecule has 0 aliphatic carbocycles. The quantitative estimate of drug-likeness (QED) is 0.691. The van der Waals surface area contributed by atoms with E-state index in [0.717, 1.165) is 5.56 Å². The Hall–Kier alpha value is -1.59. The fraction of sp³-hybridized carbons (Fsp3) is 0.500. The SMILES string of the molecule is CC(Cc1ccccc1)NC(=O)OC(CO)CCO. The number of carbonyl (C=O) groups excluding carboxylic acids is 1. The molecule has 2 unspecified atom stereocenters. The van der Waals surface area contributed by atoms with Crippen LogP contribution in [0.15, 0.2) is 30.3 Å². The second kappa shape index (κ2) is 8.50. The molecule has 1 aromatic rings. The van der Waals surface area contributed by atoms with Crippen molar-refractivity contribution in [2.75, 3.05) is 13.2 Å². The van der Waals surface area contributed by atoms with Crippen molar-refractivity contribution in [1.29, 1.82) is 0 Å². The van der Waals surface area contributed by atoms with Gasteiger partial charge in [0.2, 0.25) is 0 Å². The molecule has 0 aliphatic heterocycles. The lowest BCUT2D eigenvalue weighted by Gasteiger charge is -2.18. The summed E-state index contributed by atoms with van der Waals surface area (Å²) in [5, 5.41) is 20.4. The van der Waals surface area contributed by atoms with Crippen molar-refractivity contribution in [3.63, 3.8) is 0 Å². The third-order valence-corrected chi connectivity index (χ3v) is 2.68. The molecular weight excluding hydrogens is 246 g/mol. The Morgan fingerprint density at radius 3 is 2.58 bits per heavy atom. The van der Waals surface area contributed by atoms with Gasteiger partial charge in [-0.05, 0) is 18.9 Å². The Morgan fingerprint density at radius 1 is 1.32 bits per heavy atom. The summed E-state index contributed by atoms with van der Waals surface area (Å²) in [6.07, 6.45) is -0.290. The second-order valence-electron chi connectivity index (χ2n) is 4.46. The van der Waals surface area contributed by atoms with Gasteiger partial charge in [-0.3, -0.25) is 0 Å². The molecule has 0 spiro atoms. The van der Waals surface area contributed by atoms with Gasteiger partial charge in [0.15, 0.2) is 0 Å². The van der Waals surface area contributed by atoms with Gasteiger partial charge in [-0.1, -0.05) is 30.3 Å². The van der Waals surface area contributed by atoms with Gasteiger partial charge >= 0.3 is 6.09 Å². The zero-order valence-corrected chi connectivity index (χ0v) is 11.1. The van der Waals surface area contributed by atoms with Gasteiger partial charge < -0.3 is 20.3 Å². The molecular formula is C14H21NO4. The van der Waals surface area contributed by atoms with E-state index in [0.29, 0.717) is 6.42 Å². The number of aliphatic hydroxyl groups excluding tert-OH is 2. The van der Waals surface area contributed by atoms with Crippen molar-refractivity contribution < 1.29 is 19.7 Å². The molecule has 1 rings (SSSR count). The Labute approximate surface area is 113 Å². The van der Waals surface area contributed by atoms with Crippen LogP contribution in [0.2, 0.25) is 0 Å². The third-order valence-electron chi connectivity index (χ3n) is 2.68. The van der Waals surface area contributed by atoms with Gasteiger partial charge in [0.1, 0.15) is 6.10 Å². The maximum Gasteiger partial charge on any atom is 0.407 e. The fourth-order valence-corrected chi connectivity index (χ4v) is 1.74. The molecule has 106 valence electrons. The molecule has 1 amide bonds. The van der Waals surface area contributed by atoms with E-state index in [2.05, 4.69) is 5.32 Å². The summed E-state index contributed by atoms with van der Waals surface area (Å²) >= 11 is 0. The van der Waals surface area contributed by atoms with Gasteiger partial charge in [-0.2, -0.15) is 0 Å².